The molecule has 0 bridgehead atoms. The number of rotatable bonds is 57. The molecule has 0 N–H and O–H groups in total. The molecular weight excluding hydrogens is 901 g/mol. The molecule has 73 heavy (non-hydrogen) atoms. The molecule has 0 aliphatic carbocycles. The molecule has 0 radical (unpaired) electrons. The lowest BCUT2D eigenvalue weighted by Crippen LogP contribution is -2.30. The highest BCUT2D eigenvalue weighted by Crippen LogP contribution is 2.16. The predicted octanol–water partition coefficient (Wildman–Crippen LogP) is 21.3. The van der Waals surface area contributed by atoms with Gasteiger partial charge >= 0.3 is 17.9 Å². The van der Waals surface area contributed by atoms with Crippen molar-refractivity contribution in [1.29, 1.82) is 0 Å². The Morgan fingerprint density at radius 2 is 0.534 bits per heavy atom. The number of carbonyl (C=O) groups excluding carboxylic acids is 3. The lowest BCUT2D eigenvalue weighted by Gasteiger charge is -2.18. The summed E-state index contributed by atoms with van der Waals surface area (Å²) in [6, 6.07) is 0. The third kappa shape index (κ3) is 59.6. The summed E-state index contributed by atoms with van der Waals surface area (Å²) in [6.07, 6.45) is 79.1. The van der Waals surface area contributed by atoms with Crippen molar-refractivity contribution in [2.24, 2.45) is 0 Å². The molecule has 6 nitrogen and oxygen atoms in total. The molecule has 0 rings (SSSR count). The number of allylic oxidation sites excluding steroid dienone is 12. The molecule has 0 aromatic rings. The molecule has 0 fully saturated rings. The van der Waals surface area contributed by atoms with E-state index in [1.807, 2.05) is 0 Å². The van der Waals surface area contributed by atoms with Crippen molar-refractivity contribution >= 4 is 17.9 Å². The van der Waals surface area contributed by atoms with Crippen LogP contribution in [-0.4, -0.2) is 37.2 Å². The smallest absolute Gasteiger partial charge is 0.306 e. The van der Waals surface area contributed by atoms with Gasteiger partial charge in [-0.05, 0) is 89.9 Å². The highest BCUT2D eigenvalue weighted by atomic mass is 16.6. The molecular formula is C67H118O6. The van der Waals surface area contributed by atoms with Gasteiger partial charge in [-0.25, -0.2) is 0 Å². The summed E-state index contributed by atoms with van der Waals surface area (Å²) in [5.74, 6) is -0.872. The summed E-state index contributed by atoms with van der Waals surface area (Å²) in [6.45, 7) is 6.54. The van der Waals surface area contributed by atoms with Crippen LogP contribution in [0.2, 0.25) is 0 Å². The minimum absolute atomic E-state index is 0.0747. The Hall–Kier alpha value is -3.15. The van der Waals surface area contributed by atoms with Gasteiger partial charge in [0.2, 0.25) is 0 Å². The van der Waals surface area contributed by atoms with Crippen molar-refractivity contribution in [3.8, 4) is 0 Å². The van der Waals surface area contributed by atoms with Crippen molar-refractivity contribution in [2.75, 3.05) is 13.2 Å². The zero-order valence-electron chi connectivity index (χ0n) is 48.4. The second-order valence-corrected chi connectivity index (χ2v) is 20.9. The molecule has 1 unspecified atom stereocenters. The Balaban J connectivity index is 4.19. The molecule has 0 aromatic carbocycles. The van der Waals surface area contributed by atoms with E-state index in [4.69, 9.17) is 14.2 Å². The summed E-state index contributed by atoms with van der Waals surface area (Å²) < 4.78 is 16.9. The standard InChI is InChI=1S/C67H118O6/c1-4-7-10-13-16-19-22-24-26-27-28-29-30-31-32-33-34-35-36-37-38-39-41-42-45-48-51-54-57-60-66(69)72-63-64(62-71-65(68)59-56-53-50-47-44-21-18-15-12-9-6-3)73-67(70)61-58-55-52-49-46-43-40-25-23-20-17-14-11-8-5-2/h7,10,16,19,24-26,28-29,31-32,40,64H,4-6,8-9,11-15,17-18,20-23,27,30,33-39,41-63H2,1-3H3/b10-7-,19-16-,26-24-,29-28-,32-31-,40-25-. The number of esters is 3. The minimum atomic E-state index is -0.777. The van der Waals surface area contributed by atoms with Gasteiger partial charge in [-0.15, -0.1) is 0 Å². The van der Waals surface area contributed by atoms with Crippen molar-refractivity contribution in [1.82, 2.24) is 0 Å². The van der Waals surface area contributed by atoms with Crippen molar-refractivity contribution in [2.45, 2.75) is 322 Å². The first kappa shape index (κ1) is 69.8. The second kappa shape index (κ2) is 61.4. The van der Waals surface area contributed by atoms with E-state index < -0.39 is 6.10 Å². The van der Waals surface area contributed by atoms with Crippen molar-refractivity contribution in [3.05, 3.63) is 72.9 Å². The summed E-state index contributed by atoms with van der Waals surface area (Å²) in [7, 11) is 0. The van der Waals surface area contributed by atoms with E-state index in [1.54, 1.807) is 0 Å². The Morgan fingerprint density at radius 1 is 0.288 bits per heavy atom. The van der Waals surface area contributed by atoms with Gasteiger partial charge in [0.25, 0.3) is 0 Å². The van der Waals surface area contributed by atoms with Crippen LogP contribution in [0.3, 0.4) is 0 Å². The van der Waals surface area contributed by atoms with Crippen LogP contribution in [0.1, 0.15) is 316 Å². The Morgan fingerprint density at radius 3 is 0.849 bits per heavy atom. The topological polar surface area (TPSA) is 78.9 Å². The normalized spacial score (nSPS) is 12.5. The third-order valence-electron chi connectivity index (χ3n) is 13.7. The highest BCUT2D eigenvalue weighted by molar-refractivity contribution is 5.71. The second-order valence-electron chi connectivity index (χ2n) is 20.9. The van der Waals surface area contributed by atoms with Gasteiger partial charge in [-0.3, -0.25) is 14.4 Å². The van der Waals surface area contributed by atoms with E-state index in [2.05, 4.69) is 93.7 Å². The van der Waals surface area contributed by atoms with Crippen LogP contribution in [0.4, 0.5) is 0 Å². The summed E-state index contributed by atoms with van der Waals surface area (Å²) in [4.78, 5) is 38.2. The molecule has 0 aliphatic heterocycles. The SMILES string of the molecule is CC/C=C\C/C=C\C/C=C\C/C=C\C/C=C\CCCCCCCCCCCCCCCC(=O)OCC(COC(=O)CCCCCCCCCCCCC)OC(=O)CCCCCCC/C=C\CCCCCCCC. The van der Waals surface area contributed by atoms with Crippen LogP contribution in [0.5, 0.6) is 0 Å². The molecule has 422 valence electrons. The van der Waals surface area contributed by atoms with Crippen molar-refractivity contribution in [3.63, 3.8) is 0 Å². The summed E-state index contributed by atoms with van der Waals surface area (Å²) >= 11 is 0. The average Bonchev–Trinajstić information content (AvgIpc) is 3.39. The van der Waals surface area contributed by atoms with Gasteiger partial charge in [0, 0.05) is 19.3 Å². The molecule has 0 heterocycles. The molecule has 0 amide bonds. The van der Waals surface area contributed by atoms with Crippen LogP contribution in [-0.2, 0) is 28.6 Å². The lowest BCUT2D eigenvalue weighted by molar-refractivity contribution is -0.167. The number of hydrogen-bond acceptors (Lipinski definition) is 6. The fraction of sp³-hybridized carbons (Fsp3) is 0.776. The van der Waals surface area contributed by atoms with Gasteiger partial charge in [0.15, 0.2) is 6.10 Å². The zero-order valence-corrected chi connectivity index (χ0v) is 48.4. The number of unbranched alkanes of at least 4 members (excludes halogenated alkanes) is 34. The van der Waals surface area contributed by atoms with E-state index in [1.165, 1.54) is 180 Å². The Bertz CT molecular complexity index is 1360. The first-order valence-electron chi connectivity index (χ1n) is 31.4. The first-order valence-corrected chi connectivity index (χ1v) is 31.4. The van der Waals surface area contributed by atoms with Crippen LogP contribution < -0.4 is 0 Å². The molecule has 0 aromatic heterocycles. The highest BCUT2D eigenvalue weighted by Gasteiger charge is 2.19. The van der Waals surface area contributed by atoms with Crippen LogP contribution in [0.15, 0.2) is 72.9 Å². The maximum atomic E-state index is 12.9. The lowest BCUT2D eigenvalue weighted by atomic mass is 10.0. The van der Waals surface area contributed by atoms with Gasteiger partial charge in [-0.2, -0.15) is 0 Å². The number of ether oxygens (including phenoxy) is 3. The molecule has 6 heteroatoms. The quantitative estimate of drug-likeness (QED) is 0.0261. The van der Waals surface area contributed by atoms with Crippen molar-refractivity contribution < 1.29 is 28.6 Å². The maximum absolute atomic E-state index is 12.9. The van der Waals surface area contributed by atoms with E-state index in [0.717, 1.165) is 96.3 Å². The van der Waals surface area contributed by atoms with E-state index >= 15 is 0 Å². The molecule has 0 spiro atoms. The molecule has 1 atom stereocenters. The van der Waals surface area contributed by atoms with Gasteiger partial charge in [0.1, 0.15) is 13.2 Å². The van der Waals surface area contributed by atoms with Crippen LogP contribution in [0, 0.1) is 0 Å². The Labute approximate surface area is 453 Å². The summed E-state index contributed by atoms with van der Waals surface area (Å²) in [5.41, 5.74) is 0. The van der Waals surface area contributed by atoms with Crippen LogP contribution >= 0.6 is 0 Å². The van der Waals surface area contributed by atoms with Gasteiger partial charge in [0.05, 0.1) is 0 Å². The number of carbonyl (C=O) groups is 3. The van der Waals surface area contributed by atoms with Gasteiger partial charge in [-0.1, -0.05) is 280 Å². The minimum Gasteiger partial charge on any atom is -0.462 e. The monoisotopic (exact) mass is 1020 g/mol. The number of hydrogen-bond donors (Lipinski definition) is 0. The fourth-order valence-corrected chi connectivity index (χ4v) is 9.00. The molecule has 0 saturated heterocycles. The zero-order chi connectivity index (χ0) is 52.9. The largest absolute Gasteiger partial charge is 0.462 e. The third-order valence-corrected chi connectivity index (χ3v) is 13.7. The fourth-order valence-electron chi connectivity index (χ4n) is 9.00. The summed E-state index contributed by atoms with van der Waals surface area (Å²) in [5, 5.41) is 0. The van der Waals surface area contributed by atoms with Gasteiger partial charge < -0.3 is 14.2 Å². The van der Waals surface area contributed by atoms with E-state index in [9.17, 15) is 14.4 Å². The predicted molar refractivity (Wildman–Crippen MR) is 316 cm³/mol. The van der Waals surface area contributed by atoms with Crippen LogP contribution in [0.25, 0.3) is 0 Å². The molecule has 0 saturated carbocycles. The first-order chi connectivity index (χ1) is 36.0. The van der Waals surface area contributed by atoms with E-state index in [-0.39, 0.29) is 31.1 Å². The van der Waals surface area contributed by atoms with E-state index in [0.29, 0.717) is 19.3 Å². The Kier molecular flexibility index (Phi) is 58.7. The average molecular weight is 1020 g/mol. The maximum Gasteiger partial charge on any atom is 0.306 e. The molecule has 0 aliphatic rings.